The highest BCUT2D eigenvalue weighted by Gasteiger charge is 2.40. The molecule has 114 valence electrons. The molecule has 0 bridgehead atoms. The number of rotatable bonds is 5. The minimum absolute atomic E-state index is 0.0376. The highest BCUT2D eigenvalue weighted by Crippen LogP contribution is 2.35. The van der Waals surface area contributed by atoms with Gasteiger partial charge in [-0.05, 0) is 30.9 Å². The van der Waals surface area contributed by atoms with E-state index in [0.717, 1.165) is 12.8 Å². The highest BCUT2D eigenvalue weighted by molar-refractivity contribution is 7.89. The maximum Gasteiger partial charge on any atom is 0.262 e. The van der Waals surface area contributed by atoms with E-state index < -0.39 is 10.0 Å². The van der Waals surface area contributed by atoms with Gasteiger partial charge in [-0.3, -0.25) is 4.40 Å². The average Bonchev–Trinajstić information content (AvgIpc) is 3.16. The van der Waals surface area contributed by atoms with E-state index in [-0.39, 0.29) is 22.1 Å². The third-order valence-electron chi connectivity index (χ3n) is 3.50. The Balaban J connectivity index is 2.12. The number of nitrogens with zero attached hydrogens (tertiary/aromatic N) is 3. The Kier molecular flexibility index (Phi) is 3.71. The second kappa shape index (κ2) is 5.26. The quantitative estimate of drug-likeness (QED) is 0.848. The summed E-state index contributed by atoms with van der Waals surface area (Å²) in [5.74, 6) is 0.262. The molecular weight excluding hydrogens is 310 g/mol. The van der Waals surface area contributed by atoms with E-state index in [9.17, 15) is 8.42 Å². The first kappa shape index (κ1) is 14.8. The maximum absolute atomic E-state index is 13.0. The summed E-state index contributed by atoms with van der Waals surface area (Å²) in [6, 6.07) is 5.42. The van der Waals surface area contributed by atoms with Gasteiger partial charge in [-0.2, -0.15) is 4.31 Å². The van der Waals surface area contributed by atoms with Crippen molar-refractivity contribution in [3.63, 3.8) is 0 Å². The molecule has 0 amide bonds. The lowest BCUT2D eigenvalue weighted by Crippen LogP contribution is -2.36. The van der Waals surface area contributed by atoms with E-state index >= 15 is 0 Å². The molecule has 0 unspecified atom stereocenters. The van der Waals surface area contributed by atoms with Gasteiger partial charge in [0.25, 0.3) is 10.0 Å². The lowest BCUT2D eigenvalue weighted by atomic mass is 10.2. The van der Waals surface area contributed by atoms with Crippen molar-refractivity contribution in [2.45, 2.75) is 37.8 Å². The summed E-state index contributed by atoms with van der Waals surface area (Å²) in [5.41, 5.74) is 0.543. The largest absolute Gasteiger partial charge is 0.288 e. The summed E-state index contributed by atoms with van der Waals surface area (Å²) in [6.07, 6.45) is 3.52. The fourth-order valence-electron chi connectivity index (χ4n) is 2.45. The summed E-state index contributed by atoms with van der Waals surface area (Å²) in [5, 5.41) is 0.114. The number of sulfonamides is 1. The van der Waals surface area contributed by atoms with Crippen LogP contribution < -0.4 is 0 Å². The van der Waals surface area contributed by atoms with Crippen molar-refractivity contribution in [3.05, 3.63) is 29.5 Å². The normalized spacial score (nSPS) is 16.2. The van der Waals surface area contributed by atoms with Crippen LogP contribution in [0.25, 0.3) is 5.65 Å². The molecule has 1 aliphatic carbocycles. The number of fused-ring (bicyclic) bond motifs is 1. The maximum atomic E-state index is 13.0. The zero-order chi connectivity index (χ0) is 15.2. The van der Waals surface area contributed by atoms with Gasteiger partial charge in [0.15, 0.2) is 10.2 Å². The van der Waals surface area contributed by atoms with Crippen molar-refractivity contribution in [1.29, 1.82) is 0 Å². The van der Waals surface area contributed by atoms with Crippen molar-refractivity contribution in [2.24, 2.45) is 5.92 Å². The first-order valence-corrected chi connectivity index (χ1v) is 8.87. The van der Waals surface area contributed by atoms with Gasteiger partial charge in [-0.1, -0.05) is 31.5 Å². The van der Waals surface area contributed by atoms with Crippen LogP contribution in [0.3, 0.4) is 0 Å². The number of hydrogen-bond donors (Lipinski definition) is 0. The molecule has 21 heavy (non-hydrogen) atoms. The molecule has 0 radical (unpaired) electrons. The number of halogens is 1. The van der Waals surface area contributed by atoms with Gasteiger partial charge in [-0.25, -0.2) is 13.4 Å². The van der Waals surface area contributed by atoms with Crippen LogP contribution in [-0.2, 0) is 10.0 Å². The van der Waals surface area contributed by atoms with Crippen LogP contribution in [0.15, 0.2) is 29.4 Å². The van der Waals surface area contributed by atoms with Crippen molar-refractivity contribution >= 4 is 27.3 Å². The van der Waals surface area contributed by atoms with Crippen molar-refractivity contribution < 1.29 is 8.42 Å². The molecule has 0 saturated heterocycles. The molecule has 0 aliphatic heterocycles. The van der Waals surface area contributed by atoms with Crippen LogP contribution in [0.2, 0.25) is 5.15 Å². The van der Waals surface area contributed by atoms with E-state index in [2.05, 4.69) is 4.98 Å². The van der Waals surface area contributed by atoms with Gasteiger partial charge in [-0.15, -0.1) is 0 Å². The Morgan fingerprint density at radius 1 is 1.43 bits per heavy atom. The standard InChI is InChI=1S/C14H18ClN3O2S/c1-10(2)9-18(11-6-7-11)21(19,20)14-13(15)16-12-5-3-4-8-17(12)14/h3-5,8,10-11H,6-7,9H2,1-2H3. The van der Waals surface area contributed by atoms with Gasteiger partial charge in [0, 0.05) is 18.8 Å². The average molecular weight is 328 g/mol. The molecule has 0 N–H and O–H groups in total. The van der Waals surface area contributed by atoms with Crippen molar-refractivity contribution in [2.75, 3.05) is 6.54 Å². The molecular formula is C14H18ClN3O2S. The minimum atomic E-state index is -3.64. The molecule has 1 fully saturated rings. The summed E-state index contributed by atoms with van der Waals surface area (Å²) >= 11 is 6.12. The van der Waals surface area contributed by atoms with Crippen LogP contribution >= 0.6 is 11.6 Å². The molecule has 2 aromatic heterocycles. The topological polar surface area (TPSA) is 54.7 Å². The molecule has 2 heterocycles. The van der Waals surface area contributed by atoms with Gasteiger partial charge in [0.2, 0.25) is 0 Å². The molecule has 7 heteroatoms. The second-order valence-corrected chi connectivity index (χ2v) is 8.00. The Morgan fingerprint density at radius 2 is 2.14 bits per heavy atom. The SMILES string of the molecule is CC(C)CN(C1CC1)S(=O)(=O)c1c(Cl)nc2ccccn12. The molecule has 2 aromatic rings. The molecule has 0 aromatic carbocycles. The van der Waals surface area contributed by atoms with Crippen molar-refractivity contribution in [1.82, 2.24) is 13.7 Å². The Morgan fingerprint density at radius 3 is 2.76 bits per heavy atom. The number of imidazole rings is 1. The van der Waals surface area contributed by atoms with E-state index in [1.807, 2.05) is 19.9 Å². The zero-order valence-electron chi connectivity index (χ0n) is 12.0. The van der Waals surface area contributed by atoms with E-state index in [1.54, 1.807) is 27.0 Å². The predicted molar refractivity (Wildman–Crippen MR) is 82.0 cm³/mol. The molecule has 5 nitrogen and oxygen atoms in total. The lowest BCUT2D eigenvalue weighted by molar-refractivity contribution is 0.358. The van der Waals surface area contributed by atoms with Crippen LogP contribution in [0.4, 0.5) is 0 Å². The van der Waals surface area contributed by atoms with E-state index in [4.69, 9.17) is 11.6 Å². The zero-order valence-corrected chi connectivity index (χ0v) is 13.6. The lowest BCUT2D eigenvalue weighted by Gasteiger charge is -2.23. The summed E-state index contributed by atoms with van der Waals surface area (Å²) < 4.78 is 29.2. The third-order valence-corrected chi connectivity index (χ3v) is 5.82. The molecule has 0 atom stereocenters. The summed E-state index contributed by atoms with van der Waals surface area (Å²) in [7, 11) is -3.64. The van der Waals surface area contributed by atoms with Gasteiger partial charge in [0.05, 0.1) is 0 Å². The smallest absolute Gasteiger partial charge is 0.262 e. The Labute approximate surface area is 129 Å². The minimum Gasteiger partial charge on any atom is -0.288 e. The summed E-state index contributed by atoms with van der Waals surface area (Å²) in [4.78, 5) is 4.14. The van der Waals surface area contributed by atoms with Crippen molar-refractivity contribution in [3.8, 4) is 0 Å². The predicted octanol–water partition coefficient (Wildman–Crippen LogP) is 2.80. The Bertz CT molecular complexity index is 766. The second-order valence-electron chi connectivity index (χ2n) is 5.84. The van der Waals surface area contributed by atoms with Crippen LogP contribution in [0.1, 0.15) is 26.7 Å². The monoisotopic (exact) mass is 327 g/mol. The van der Waals surface area contributed by atoms with Gasteiger partial charge >= 0.3 is 0 Å². The third kappa shape index (κ3) is 2.67. The summed E-state index contributed by atoms with van der Waals surface area (Å²) in [6.45, 7) is 4.53. The van der Waals surface area contributed by atoms with E-state index in [1.165, 1.54) is 0 Å². The molecule has 3 rings (SSSR count). The number of hydrogen-bond acceptors (Lipinski definition) is 3. The number of aromatic nitrogens is 2. The first-order valence-electron chi connectivity index (χ1n) is 7.05. The molecule has 0 spiro atoms. The molecule has 1 aliphatic rings. The van der Waals surface area contributed by atoms with Crippen LogP contribution in [-0.4, -0.2) is 34.7 Å². The van der Waals surface area contributed by atoms with Crippen LogP contribution in [0.5, 0.6) is 0 Å². The fraction of sp³-hybridized carbons (Fsp3) is 0.500. The van der Waals surface area contributed by atoms with Crippen LogP contribution in [0, 0.1) is 5.92 Å². The number of pyridine rings is 1. The van der Waals surface area contributed by atoms with Gasteiger partial charge in [0.1, 0.15) is 5.65 Å². The molecule has 1 saturated carbocycles. The first-order chi connectivity index (χ1) is 9.91. The van der Waals surface area contributed by atoms with E-state index in [0.29, 0.717) is 12.2 Å². The fourth-order valence-corrected chi connectivity index (χ4v) is 4.90. The highest BCUT2D eigenvalue weighted by atomic mass is 35.5. The Hall–Kier alpha value is -1.11. The van der Waals surface area contributed by atoms with Gasteiger partial charge < -0.3 is 0 Å².